The molecule has 2 atom stereocenters. The zero-order valence-corrected chi connectivity index (χ0v) is 9.22. The van der Waals surface area contributed by atoms with E-state index in [0.717, 1.165) is 19.6 Å². The van der Waals surface area contributed by atoms with Crippen LogP contribution in [0.4, 0.5) is 0 Å². The maximum Gasteiger partial charge on any atom is 0.323 e. The molecule has 0 aromatic rings. The topological polar surface area (TPSA) is 61.5 Å². The van der Waals surface area contributed by atoms with Crippen molar-refractivity contribution in [3.63, 3.8) is 0 Å². The molecule has 82 valence electrons. The Kier molecular flexibility index (Phi) is 5.29. The molecule has 0 spiro atoms. The van der Waals surface area contributed by atoms with E-state index in [1.165, 1.54) is 0 Å². The predicted octanol–water partition coefficient (Wildman–Crippen LogP) is 0.399. The third kappa shape index (κ3) is 3.86. The second kappa shape index (κ2) is 6.27. The van der Waals surface area contributed by atoms with E-state index in [0.29, 0.717) is 17.6 Å². The quantitative estimate of drug-likeness (QED) is 0.678. The van der Waals surface area contributed by atoms with Crippen molar-refractivity contribution in [2.75, 3.05) is 25.6 Å². The van der Waals surface area contributed by atoms with Crippen molar-refractivity contribution < 1.29 is 14.3 Å². The number of ether oxygens (including phenoxy) is 2. The molecule has 1 heterocycles. The molecule has 0 aromatic carbocycles. The van der Waals surface area contributed by atoms with Gasteiger partial charge in [0.2, 0.25) is 0 Å². The van der Waals surface area contributed by atoms with Crippen molar-refractivity contribution in [1.82, 2.24) is 0 Å². The molecule has 2 unspecified atom stereocenters. The standard InChI is InChI=1S/C9H17NO3S/c1-2-13-9(11)8(10)6-14-7-3-4-12-5-7/h7-8H,2-6,10H2,1H3. The molecule has 1 aliphatic rings. The SMILES string of the molecule is CCOC(=O)C(N)CSC1CCOC1. The molecular weight excluding hydrogens is 202 g/mol. The fourth-order valence-electron chi connectivity index (χ4n) is 1.20. The zero-order chi connectivity index (χ0) is 10.4. The molecule has 0 aromatic heterocycles. The van der Waals surface area contributed by atoms with Gasteiger partial charge in [0.05, 0.1) is 13.2 Å². The van der Waals surface area contributed by atoms with Gasteiger partial charge in [-0.05, 0) is 13.3 Å². The van der Waals surface area contributed by atoms with Gasteiger partial charge in [-0.2, -0.15) is 11.8 Å². The van der Waals surface area contributed by atoms with Crippen LogP contribution in [-0.2, 0) is 14.3 Å². The van der Waals surface area contributed by atoms with Crippen molar-refractivity contribution in [2.45, 2.75) is 24.6 Å². The first-order chi connectivity index (χ1) is 6.74. The number of hydrogen-bond acceptors (Lipinski definition) is 5. The van der Waals surface area contributed by atoms with Crippen LogP contribution in [0.1, 0.15) is 13.3 Å². The van der Waals surface area contributed by atoms with E-state index in [1.807, 2.05) is 0 Å². The van der Waals surface area contributed by atoms with Crippen molar-refractivity contribution >= 4 is 17.7 Å². The van der Waals surface area contributed by atoms with Crippen LogP contribution in [-0.4, -0.2) is 42.8 Å². The van der Waals surface area contributed by atoms with E-state index < -0.39 is 6.04 Å². The van der Waals surface area contributed by atoms with Gasteiger partial charge in [-0.25, -0.2) is 0 Å². The van der Waals surface area contributed by atoms with Crippen LogP contribution in [0.25, 0.3) is 0 Å². The van der Waals surface area contributed by atoms with Gasteiger partial charge < -0.3 is 15.2 Å². The molecule has 1 saturated heterocycles. The van der Waals surface area contributed by atoms with E-state index in [1.54, 1.807) is 18.7 Å². The third-order valence-electron chi connectivity index (χ3n) is 1.99. The molecule has 1 fully saturated rings. The highest BCUT2D eigenvalue weighted by Crippen LogP contribution is 2.20. The average molecular weight is 219 g/mol. The van der Waals surface area contributed by atoms with Crippen molar-refractivity contribution in [3.05, 3.63) is 0 Å². The molecule has 5 heteroatoms. The van der Waals surface area contributed by atoms with Crippen LogP contribution in [0.5, 0.6) is 0 Å². The Balaban J connectivity index is 2.13. The van der Waals surface area contributed by atoms with Crippen molar-refractivity contribution in [1.29, 1.82) is 0 Å². The summed E-state index contributed by atoms with van der Waals surface area (Å²) in [5, 5.41) is 0.496. The molecule has 14 heavy (non-hydrogen) atoms. The smallest absolute Gasteiger partial charge is 0.323 e. The molecule has 2 N–H and O–H groups in total. The Bertz CT molecular complexity index is 183. The second-order valence-corrected chi connectivity index (χ2v) is 4.51. The Labute approximate surface area is 88.5 Å². The lowest BCUT2D eigenvalue weighted by Gasteiger charge is -2.12. The minimum atomic E-state index is -0.499. The second-order valence-electron chi connectivity index (χ2n) is 3.18. The van der Waals surface area contributed by atoms with Crippen LogP contribution >= 0.6 is 11.8 Å². The van der Waals surface area contributed by atoms with Gasteiger partial charge >= 0.3 is 5.97 Å². The van der Waals surface area contributed by atoms with Gasteiger partial charge in [0.15, 0.2) is 0 Å². The van der Waals surface area contributed by atoms with Crippen LogP contribution in [0.3, 0.4) is 0 Å². The summed E-state index contributed by atoms with van der Waals surface area (Å²) >= 11 is 1.70. The summed E-state index contributed by atoms with van der Waals surface area (Å²) in [6.45, 7) is 3.78. The molecule has 0 aliphatic carbocycles. The maximum atomic E-state index is 11.2. The van der Waals surface area contributed by atoms with Gasteiger partial charge in [-0.1, -0.05) is 0 Å². The molecule has 0 amide bonds. The average Bonchev–Trinajstić information content (AvgIpc) is 2.67. The summed E-state index contributed by atoms with van der Waals surface area (Å²) in [4.78, 5) is 11.2. The van der Waals surface area contributed by atoms with Crippen LogP contribution < -0.4 is 5.73 Å². The Morgan fingerprint density at radius 2 is 2.57 bits per heavy atom. The number of nitrogens with two attached hydrogens (primary N) is 1. The van der Waals surface area contributed by atoms with Gasteiger partial charge in [-0.15, -0.1) is 0 Å². The number of carbonyl (C=O) groups excluding carboxylic acids is 1. The van der Waals surface area contributed by atoms with Gasteiger partial charge in [-0.3, -0.25) is 4.79 Å². The molecule has 1 aliphatic heterocycles. The van der Waals surface area contributed by atoms with Crippen molar-refractivity contribution in [3.8, 4) is 0 Å². The molecule has 1 rings (SSSR count). The van der Waals surface area contributed by atoms with E-state index >= 15 is 0 Å². The van der Waals surface area contributed by atoms with Crippen LogP contribution in [0.2, 0.25) is 0 Å². The first kappa shape index (κ1) is 11.8. The first-order valence-corrected chi connectivity index (χ1v) is 5.90. The third-order valence-corrected chi connectivity index (χ3v) is 3.38. The van der Waals surface area contributed by atoms with Gasteiger partial charge in [0.25, 0.3) is 0 Å². The van der Waals surface area contributed by atoms with E-state index in [9.17, 15) is 4.79 Å². The van der Waals surface area contributed by atoms with E-state index in [-0.39, 0.29) is 5.97 Å². The maximum absolute atomic E-state index is 11.2. The minimum absolute atomic E-state index is 0.307. The summed E-state index contributed by atoms with van der Waals surface area (Å²) < 4.78 is 10.0. The fourth-order valence-corrected chi connectivity index (χ4v) is 2.27. The molecular formula is C9H17NO3S. The highest BCUT2D eigenvalue weighted by Gasteiger charge is 2.20. The normalized spacial score (nSPS) is 23.4. The van der Waals surface area contributed by atoms with E-state index in [2.05, 4.69) is 0 Å². The lowest BCUT2D eigenvalue weighted by atomic mass is 10.4. The number of thioether (sulfide) groups is 1. The molecule has 0 bridgehead atoms. The largest absolute Gasteiger partial charge is 0.465 e. The summed E-state index contributed by atoms with van der Waals surface area (Å²) in [6.07, 6.45) is 1.06. The summed E-state index contributed by atoms with van der Waals surface area (Å²) in [5.74, 6) is 0.311. The number of esters is 1. The van der Waals surface area contributed by atoms with Crippen molar-refractivity contribution in [2.24, 2.45) is 5.73 Å². The van der Waals surface area contributed by atoms with E-state index in [4.69, 9.17) is 15.2 Å². The highest BCUT2D eigenvalue weighted by atomic mass is 32.2. The molecule has 0 saturated carbocycles. The number of carbonyl (C=O) groups is 1. The Morgan fingerprint density at radius 1 is 1.79 bits per heavy atom. The van der Waals surface area contributed by atoms with Crippen LogP contribution in [0.15, 0.2) is 0 Å². The van der Waals surface area contributed by atoms with Gasteiger partial charge in [0.1, 0.15) is 6.04 Å². The first-order valence-electron chi connectivity index (χ1n) is 4.85. The summed E-state index contributed by atoms with van der Waals surface area (Å²) in [5.41, 5.74) is 5.65. The van der Waals surface area contributed by atoms with Crippen LogP contribution in [0, 0.1) is 0 Å². The predicted molar refractivity (Wildman–Crippen MR) is 56.3 cm³/mol. The highest BCUT2D eigenvalue weighted by molar-refractivity contribution is 8.00. The zero-order valence-electron chi connectivity index (χ0n) is 8.40. The summed E-state index contributed by atoms with van der Waals surface area (Å²) in [6, 6.07) is -0.499. The Morgan fingerprint density at radius 3 is 3.14 bits per heavy atom. The fraction of sp³-hybridized carbons (Fsp3) is 0.889. The summed E-state index contributed by atoms with van der Waals surface area (Å²) in [7, 11) is 0. The monoisotopic (exact) mass is 219 g/mol. The lowest BCUT2D eigenvalue weighted by molar-refractivity contribution is -0.144. The number of rotatable bonds is 5. The minimum Gasteiger partial charge on any atom is -0.465 e. The Hall–Kier alpha value is -0.260. The lowest BCUT2D eigenvalue weighted by Crippen LogP contribution is -2.35. The van der Waals surface area contributed by atoms with Gasteiger partial charge in [0, 0.05) is 17.6 Å². The molecule has 4 nitrogen and oxygen atoms in total. The molecule has 0 radical (unpaired) electrons. The number of hydrogen-bond donors (Lipinski definition) is 1.